The Balaban J connectivity index is 1.88. The van der Waals surface area contributed by atoms with Crippen LogP contribution in [0.3, 0.4) is 0 Å². The van der Waals surface area contributed by atoms with Gasteiger partial charge in [-0.05, 0) is 63.0 Å². The summed E-state index contributed by atoms with van der Waals surface area (Å²) in [6.07, 6.45) is -1.38. The first-order chi connectivity index (χ1) is 8.92. The van der Waals surface area contributed by atoms with E-state index < -0.39 is 6.36 Å². The molecule has 0 atom stereocenters. The van der Waals surface area contributed by atoms with Crippen molar-refractivity contribution in [2.24, 2.45) is 5.92 Å². The molecule has 0 spiro atoms. The zero-order valence-corrected chi connectivity index (χ0v) is 10.9. The predicted molar refractivity (Wildman–Crippen MR) is 67.1 cm³/mol. The number of benzene rings is 1. The smallest absolute Gasteiger partial charge is 0.406 e. The fraction of sp³-hybridized carbons (Fsp3) is 0.571. The van der Waals surface area contributed by atoms with E-state index in [4.69, 9.17) is 0 Å². The van der Waals surface area contributed by atoms with Gasteiger partial charge in [0.15, 0.2) is 0 Å². The predicted octanol–water partition coefficient (Wildman–Crippen LogP) is 3.47. The molecule has 5 heteroatoms. The Bertz CT molecular complexity index is 394. The summed E-state index contributed by atoms with van der Waals surface area (Å²) in [5.41, 5.74) is 1.07. The summed E-state index contributed by atoms with van der Waals surface area (Å²) in [6, 6.07) is 6.22. The Kier molecular flexibility index (Phi) is 4.34. The SMILES string of the molecule is CN1CCC(Cc2ccc(OC(F)(F)F)cc2)CC1. The van der Waals surface area contributed by atoms with Gasteiger partial charge in [-0.1, -0.05) is 12.1 Å². The van der Waals surface area contributed by atoms with Gasteiger partial charge in [0.25, 0.3) is 0 Å². The Morgan fingerprint density at radius 1 is 1.16 bits per heavy atom. The average molecular weight is 273 g/mol. The molecule has 1 aromatic carbocycles. The molecule has 19 heavy (non-hydrogen) atoms. The topological polar surface area (TPSA) is 12.5 Å². The molecule has 0 aromatic heterocycles. The normalized spacial score (nSPS) is 18.5. The maximum atomic E-state index is 12.0. The summed E-state index contributed by atoms with van der Waals surface area (Å²) < 4.78 is 39.9. The van der Waals surface area contributed by atoms with Crippen LogP contribution in [0.2, 0.25) is 0 Å². The summed E-state index contributed by atoms with van der Waals surface area (Å²) in [6.45, 7) is 2.19. The summed E-state index contributed by atoms with van der Waals surface area (Å²) in [5.74, 6) is 0.477. The highest BCUT2D eigenvalue weighted by Gasteiger charge is 2.31. The second-order valence-corrected chi connectivity index (χ2v) is 5.14. The Labute approximate surface area is 111 Å². The number of likely N-dealkylation sites (tertiary alicyclic amines) is 1. The van der Waals surface area contributed by atoms with Gasteiger partial charge < -0.3 is 9.64 Å². The molecule has 1 aromatic rings. The zero-order chi connectivity index (χ0) is 13.9. The van der Waals surface area contributed by atoms with Gasteiger partial charge in [0, 0.05) is 0 Å². The lowest BCUT2D eigenvalue weighted by Crippen LogP contribution is -2.30. The molecule has 0 radical (unpaired) electrons. The Morgan fingerprint density at radius 3 is 2.26 bits per heavy atom. The van der Waals surface area contributed by atoms with E-state index in [1.165, 1.54) is 12.1 Å². The molecule has 1 fully saturated rings. The van der Waals surface area contributed by atoms with Gasteiger partial charge in [-0.3, -0.25) is 0 Å². The van der Waals surface area contributed by atoms with Crippen molar-refractivity contribution in [3.05, 3.63) is 29.8 Å². The van der Waals surface area contributed by atoms with Crippen LogP contribution in [-0.4, -0.2) is 31.4 Å². The molecular weight excluding hydrogens is 255 g/mol. The summed E-state index contributed by atoms with van der Waals surface area (Å²) in [4.78, 5) is 2.30. The van der Waals surface area contributed by atoms with Crippen LogP contribution in [0, 0.1) is 5.92 Å². The number of rotatable bonds is 3. The lowest BCUT2D eigenvalue weighted by Gasteiger charge is -2.28. The zero-order valence-electron chi connectivity index (χ0n) is 10.9. The number of nitrogens with zero attached hydrogens (tertiary/aromatic N) is 1. The van der Waals surface area contributed by atoms with Crippen molar-refractivity contribution in [1.82, 2.24) is 4.90 Å². The summed E-state index contributed by atoms with van der Waals surface area (Å²) in [5, 5.41) is 0. The van der Waals surface area contributed by atoms with Crippen molar-refractivity contribution >= 4 is 0 Å². The largest absolute Gasteiger partial charge is 0.573 e. The minimum Gasteiger partial charge on any atom is -0.406 e. The number of hydrogen-bond donors (Lipinski definition) is 0. The molecule has 1 saturated heterocycles. The van der Waals surface area contributed by atoms with Crippen molar-refractivity contribution in [2.45, 2.75) is 25.6 Å². The van der Waals surface area contributed by atoms with Gasteiger partial charge in [0.05, 0.1) is 0 Å². The number of halogens is 3. The first-order valence-corrected chi connectivity index (χ1v) is 6.45. The molecule has 2 nitrogen and oxygen atoms in total. The van der Waals surface area contributed by atoms with E-state index in [1.54, 1.807) is 12.1 Å². The quantitative estimate of drug-likeness (QED) is 0.836. The Hall–Kier alpha value is -1.23. The van der Waals surface area contributed by atoms with Gasteiger partial charge in [-0.25, -0.2) is 0 Å². The highest BCUT2D eigenvalue weighted by Crippen LogP contribution is 2.25. The van der Waals surface area contributed by atoms with Crippen LogP contribution in [0.4, 0.5) is 13.2 Å². The minimum atomic E-state index is -4.62. The lowest BCUT2D eigenvalue weighted by molar-refractivity contribution is -0.274. The molecule has 1 aliphatic rings. The third kappa shape index (κ3) is 4.74. The van der Waals surface area contributed by atoms with Crippen molar-refractivity contribution in [1.29, 1.82) is 0 Å². The fourth-order valence-electron chi connectivity index (χ4n) is 2.43. The molecule has 2 rings (SSSR count). The van der Waals surface area contributed by atoms with Crippen molar-refractivity contribution in [3.63, 3.8) is 0 Å². The summed E-state index contributed by atoms with van der Waals surface area (Å²) in [7, 11) is 2.11. The first kappa shape index (κ1) is 14.2. The second kappa shape index (κ2) is 5.82. The van der Waals surface area contributed by atoms with Crippen molar-refractivity contribution < 1.29 is 17.9 Å². The van der Waals surface area contributed by atoms with Gasteiger partial charge in [-0.15, -0.1) is 13.2 Å². The Morgan fingerprint density at radius 2 is 1.74 bits per heavy atom. The fourth-order valence-corrected chi connectivity index (χ4v) is 2.43. The van der Waals surface area contributed by atoms with Crippen LogP contribution in [0.25, 0.3) is 0 Å². The van der Waals surface area contributed by atoms with E-state index in [9.17, 15) is 13.2 Å². The van der Waals surface area contributed by atoms with Crippen LogP contribution < -0.4 is 4.74 Å². The van der Waals surface area contributed by atoms with Crippen LogP contribution >= 0.6 is 0 Å². The number of ether oxygens (including phenoxy) is 1. The maximum absolute atomic E-state index is 12.0. The molecule has 0 unspecified atom stereocenters. The van der Waals surface area contributed by atoms with E-state index in [1.807, 2.05) is 0 Å². The van der Waals surface area contributed by atoms with Crippen LogP contribution in [0.1, 0.15) is 18.4 Å². The van der Waals surface area contributed by atoms with Crippen LogP contribution in [0.15, 0.2) is 24.3 Å². The molecule has 1 heterocycles. The number of piperidine rings is 1. The first-order valence-electron chi connectivity index (χ1n) is 6.45. The molecule has 1 aliphatic heterocycles. The average Bonchev–Trinajstić information content (AvgIpc) is 2.33. The van der Waals surface area contributed by atoms with E-state index in [-0.39, 0.29) is 5.75 Å². The van der Waals surface area contributed by atoms with E-state index in [0.717, 1.165) is 37.9 Å². The monoisotopic (exact) mass is 273 g/mol. The van der Waals surface area contributed by atoms with Gasteiger partial charge >= 0.3 is 6.36 Å². The minimum absolute atomic E-state index is 0.153. The van der Waals surface area contributed by atoms with E-state index in [0.29, 0.717) is 5.92 Å². The van der Waals surface area contributed by atoms with Gasteiger partial charge in [0.2, 0.25) is 0 Å². The summed E-state index contributed by atoms with van der Waals surface area (Å²) >= 11 is 0. The molecule has 0 saturated carbocycles. The molecule has 0 aliphatic carbocycles. The molecule has 0 amide bonds. The molecule has 0 N–H and O–H groups in total. The van der Waals surface area contributed by atoms with Gasteiger partial charge in [0.1, 0.15) is 5.75 Å². The number of alkyl halides is 3. The van der Waals surface area contributed by atoms with E-state index in [2.05, 4.69) is 16.7 Å². The third-order valence-corrected chi connectivity index (χ3v) is 3.52. The van der Waals surface area contributed by atoms with Gasteiger partial charge in [-0.2, -0.15) is 0 Å². The van der Waals surface area contributed by atoms with Crippen molar-refractivity contribution in [2.75, 3.05) is 20.1 Å². The third-order valence-electron chi connectivity index (χ3n) is 3.52. The highest BCUT2D eigenvalue weighted by atomic mass is 19.4. The highest BCUT2D eigenvalue weighted by molar-refractivity contribution is 5.27. The molecular formula is C14H18F3NO. The molecule has 0 bridgehead atoms. The maximum Gasteiger partial charge on any atom is 0.573 e. The van der Waals surface area contributed by atoms with Crippen LogP contribution in [0.5, 0.6) is 5.75 Å². The lowest BCUT2D eigenvalue weighted by atomic mass is 9.90. The second-order valence-electron chi connectivity index (χ2n) is 5.14. The van der Waals surface area contributed by atoms with Crippen LogP contribution in [-0.2, 0) is 6.42 Å². The van der Waals surface area contributed by atoms with Crippen molar-refractivity contribution in [3.8, 4) is 5.75 Å². The number of hydrogen-bond acceptors (Lipinski definition) is 2. The molecule has 106 valence electrons. The van der Waals surface area contributed by atoms with E-state index >= 15 is 0 Å². The standard InChI is InChI=1S/C14H18F3NO/c1-18-8-6-12(7-9-18)10-11-2-4-13(5-3-11)19-14(15,16)17/h2-5,12H,6-10H2,1H3.